The predicted octanol–water partition coefficient (Wildman–Crippen LogP) is 4.91. The van der Waals surface area contributed by atoms with E-state index >= 15 is 0 Å². The lowest BCUT2D eigenvalue weighted by Gasteiger charge is -2.30. The third-order valence-corrected chi connectivity index (χ3v) is 5.97. The number of thiophene rings is 1. The van der Waals surface area contributed by atoms with Gasteiger partial charge in [0.2, 0.25) is 5.95 Å². The van der Waals surface area contributed by atoms with Crippen LogP contribution < -0.4 is 15.5 Å². The molecular formula is C22H31N5S. The van der Waals surface area contributed by atoms with Crippen molar-refractivity contribution in [1.29, 1.82) is 0 Å². The molecule has 28 heavy (non-hydrogen) atoms. The number of rotatable bonds is 6. The van der Waals surface area contributed by atoms with Crippen LogP contribution in [0, 0.1) is 0 Å². The van der Waals surface area contributed by atoms with E-state index in [0.29, 0.717) is 12.1 Å². The molecule has 1 aliphatic rings. The van der Waals surface area contributed by atoms with Crippen LogP contribution >= 0.6 is 11.3 Å². The van der Waals surface area contributed by atoms with Crippen LogP contribution in [0.1, 0.15) is 38.7 Å². The summed E-state index contributed by atoms with van der Waals surface area (Å²) in [7, 11) is 4.06. The summed E-state index contributed by atoms with van der Waals surface area (Å²) < 4.78 is 0. The topological polar surface area (TPSA) is 53.1 Å². The number of hydrogen-bond donors (Lipinski definition) is 2. The largest absolute Gasteiger partial charge is 0.362 e. The highest BCUT2D eigenvalue weighted by atomic mass is 32.1. The maximum Gasteiger partial charge on any atom is 0.225 e. The molecule has 6 heteroatoms. The number of anilines is 2. The van der Waals surface area contributed by atoms with Gasteiger partial charge >= 0.3 is 0 Å². The van der Waals surface area contributed by atoms with E-state index < -0.39 is 0 Å². The Morgan fingerprint density at radius 3 is 2.50 bits per heavy atom. The van der Waals surface area contributed by atoms with E-state index in [2.05, 4.69) is 44.5 Å². The smallest absolute Gasteiger partial charge is 0.225 e. The van der Waals surface area contributed by atoms with Crippen molar-refractivity contribution < 1.29 is 0 Å². The summed E-state index contributed by atoms with van der Waals surface area (Å²) in [6, 6.07) is 11.5. The normalized spacial score (nSPS) is 19.2. The van der Waals surface area contributed by atoms with E-state index in [1.54, 1.807) is 11.3 Å². The zero-order chi connectivity index (χ0) is 18.6. The van der Waals surface area contributed by atoms with Gasteiger partial charge in [-0.25, -0.2) is 4.98 Å². The Kier molecular flexibility index (Phi) is 6.86. The first-order valence-electron chi connectivity index (χ1n) is 9.64. The monoisotopic (exact) mass is 397 g/mol. The van der Waals surface area contributed by atoms with Crippen LogP contribution in [0.3, 0.4) is 0 Å². The molecule has 1 aromatic carbocycles. The molecule has 1 saturated carbocycles. The third-order valence-electron chi connectivity index (χ3n) is 5.24. The summed E-state index contributed by atoms with van der Waals surface area (Å²) in [5.41, 5.74) is 2.38. The average Bonchev–Trinajstić information content (AvgIpc) is 3.20. The number of hydrogen-bond acceptors (Lipinski definition) is 6. The van der Waals surface area contributed by atoms with Gasteiger partial charge in [-0.05, 0) is 60.2 Å². The standard InChI is InChI=1S/C21H27N5S.CH4/c1-26(2)20-18-5-3-4-6-19(18)24-21(25-20)23-17-9-7-16(8-10-17)22-13-15-11-12-27-14-15;/h3-6,11-12,14,16-17,22H,7-10,13H2,1-2H3,(H,23,24,25);1H4. The average molecular weight is 398 g/mol. The first kappa shape index (κ1) is 20.6. The highest BCUT2D eigenvalue weighted by Crippen LogP contribution is 2.26. The Hall–Kier alpha value is -2.18. The maximum atomic E-state index is 4.77. The number of nitrogens with one attached hydrogen (secondary N) is 2. The van der Waals surface area contributed by atoms with Gasteiger partial charge < -0.3 is 15.5 Å². The van der Waals surface area contributed by atoms with Gasteiger partial charge in [-0.3, -0.25) is 0 Å². The quantitative estimate of drug-likeness (QED) is 0.619. The van der Waals surface area contributed by atoms with Crippen molar-refractivity contribution in [2.24, 2.45) is 0 Å². The molecular weight excluding hydrogens is 366 g/mol. The second kappa shape index (κ2) is 9.34. The van der Waals surface area contributed by atoms with Gasteiger partial charge in [0, 0.05) is 38.1 Å². The molecule has 0 radical (unpaired) electrons. The molecule has 0 aliphatic heterocycles. The molecule has 3 aromatic rings. The lowest BCUT2D eigenvalue weighted by atomic mass is 9.91. The van der Waals surface area contributed by atoms with Gasteiger partial charge in [0.05, 0.1) is 5.52 Å². The van der Waals surface area contributed by atoms with Crippen LogP contribution in [0.25, 0.3) is 10.9 Å². The molecule has 1 aliphatic carbocycles. The number of nitrogens with zero attached hydrogens (tertiary/aromatic N) is 3. The molecule has 0 atom stereocenters. The molecule has 1 fully saturated rings. The minimum absolute atomic E-state index is 0. The van der Waals surface area contributed by atoms with Crippen molar-refractivity contribution in [3.05, 3.63) is 46.7 Å². The summed E-state index contributed by atoms with van der Waals surface area (Å²) in [5, 5.41) is 12.7. The van der Waals surface area contributed by atoms with Crippen molar-refractivity contribution in [2.75, 3.05) is 24.3 Å². The Morgan fingerprint density at radius 2 is 1.79 bits per heavy atom. The molecule has 4 rings (SSSR count). The highest BCUT2D eigenvalue weighted by molar-refractivity contribution is 7.07. The van der Waals surface area contributed by atoms with E-state index in [1.165, 1.54) is 18.4 Å². The molecule has 0 amide bonds. The minimum Gasteiger partial charge on any atom is -0.362 e. The van der Waals surface area contributed by atoms with Crippen molar-refractivity contribution in [3.63, 3.8) is 0 Å². The van der Waals surface area contributed by atoms with E-state index in [0.717, 1.165) is 42.1 Å². The van der Waals surface area contributed by atoms with Gasteiger partial charge in [-0.2, -0.15) is 16.3 Å². The minimum atomic E-state index is 0. The predicted molar refractivity (Wildman–Crippen MR) is 121 cm³/mol. The van der Waals surface area contributed by atoms with Crippen LogP contribution in [0.5, 0.6) is 0 Å². The molecule has 2 N–H and O–H groups in total. The molecule has 0 unspecified atom stereocenters. The fourth-order valence-corrected chi connectivity index (χ4v) is 4.41. The number of benzene rings is 1. The SMILES string of the molecule is C.CN(C)c1nc(NC2CCC(NCc3ccsc3)CC2)nc2ccccc12. The highest BCUT2D eigenvalue weighted by Gasteiger charge is 2.22. The van der Waals surface area contributed by atoms with Crippen LogP contribution in [0.2, 0.25) is 0 Å². The lowest BCUT2D eigenvalue weighted by molar-refractivity contribution is 0.352. The Bertz CT molecular complexity index is 870. The van der Waals surface area contributed by atoms with Gasteiger partial charge in [0.1, 0.15) is 5.82 Å². The summed E-state index contributed by atoms with van der Waals surface area (Å²) >= 11 is 1.76. The number of fused-ring (bicyclic) bond motifs is 1. The van der Waals surface area contributed by atoms with Crippen molar-refractivity contribution >= 4 is 34.0 Å². The molecule has 2 aromatic heterocycles. The second-order valence-electron chi connectivity index (χ2n) is 7.49. The van der Waals surface area contributed by atoms with Crippen molar-refractivity contribution in [2.45, 2.75) is 51.7 Å². The summed E-state index contributed by atoms with van der Waals surface area (Å²) in [4.78, 5) is 11.6. The third kappa shape index (κ3) is 4.80. The fourth-order valence-electron chi connectivity index (χ4n) is 3.75. The number of aromatic nitrogens is 2. The first-order valence-corrected chi connectivity index (χ1v) is 10.6. The van der Waals surface area contributed by atoms with Gasteiger partial charge in [0.25, 0.3) is 0 Å². The first-order chi connectivity index (χ1) is 13.2. The summed E-state index contributed by atoms with van der Waals surface area (Å²) in [5.74, 6) is 1.71. The van der Waals surface area contributed by atoms with E-state index in [-0.39, 0.29) is 7.43 Å². The molecule has 5 nitrogen and oxygen atoms in total. The van der Waals surface area contributed by atoms with Gasteiger partial charge in [-0.15, -0.1) is 0 Å². The Labute approximate surface area is 172 Å². The van der Waals surface area contributed by atoms with E-state index in [4.69, 9.17) is 9.97 Å². The lowest BCUT2D eigenvalue weighted by Crippen LogP contribution is -2.36. The maximum absolute atomic E-state index is 4.77. The van der Waals surface area contributed by atoms with Crippen molar-refractivity contribution in [1.82, 2.24) is 15.3 Å². The summed E-state index contributed by atoms with van der Waals surface area (Å²) in [6.07, 6.45) is 4.68. The zero-order valence-corrected chi connectivity index (χ0v) is 16.8. The molecule has 150 valence electrons. The second-order valence-corrected chi connectivity index (χ2v) is 8.27. The van der Waals surface area contributed by atoms with Crippen LogP contribution in [0.15, 0.2) is 41.1 Å². The molecule has 0 bridgehead atoms. The fraction of sp³-hybridized carbons (Fsp3) is 0.455. The van der Waals surface area contributed by atoms with Crippen LogP contribution in [-0.4, -0.2) is 36.1 Å². The van der Waals surface area contributed by atoms with Gasteiger partial charge in [0.15, 0.2) is 0 Å². The van der Waals surface area contributed by atoms with Crippen molar-refractivity contribution in [3.8, 4) is 0 Å². The van der Waals surface area contributed by atoms with E-state index in [9.17, 15) is 0 Å². The number of para-hydroxylation sites is 1. The Balaban J connectivity index is 0.00000225. The Morgan fingerprint density at radius 1 is 1.04 bits per heavy atom. The molecule has 0 saturated heterocycles. The van der Waals surface area contributed by atoms with Crippen LogP contribution in [-0.2, 0) is 6.54 Å². The summed E-state index contributed by atoms with van der Waals surface area (Å²) in [6.45, 7) is 0.978. The molecule has 0 spiro atoms. The van der Waals surface area contributed by atoms with E-state index in [1.807, 2.05) is 26.2 Å². The van der Waals surface area contributed by atoms with Gasteiger partial charge in [-0.1, -0.05) is 19.6 Å². The zero-order valence-electron chi connectivity index (χ0n) is 16.0. The van der Waals surface area contributed by atoms with Crippen LogP contribution in [0.4, 0.5) is 11.8 Å². The molecule has 2 heterocycles.